The van der Waals surface area contributed by atoms with E-state index < -0.39 is 36.2 Å². The topological polar surface area (TPSA) is 64.5 Å². The maximum absolute atomic E-state index is 13.0. The number of hydrogen-bond donors (Lipinski definition) is 1. The molecular weight excluding hydrogens is 488 g/mol. The summed E-state index contributed by atoms with van der Waals surface area (Å²) in [7, 11) is 0. The molecule has 0 radical (unpaired) electrons. The van der Waals surface area contributed by atoms with E-state index in [0.717, 1.165) is 11.1 Å². The van der Waals surface area contributed by atoms with Crippen LogP contribution in [0, 0.1) is 0 Å². The van der Waals surface area contributed by atoms with E-state index in [-0.39, 0.29) is 0 Å². The van der Waals surface area contributed by atoms with Crippen molar-refractivity contribution in [1.29, 1.82) is 0 Å². The molecule has 4 aromatic rings. The van der Waals surface area contributed by atoms with E-state index in [1.165, 1.54) is 18.2 Å². The van der Waals surface area contributed by atoms with Gasteiger partial charge in [0.15, 0.2) is 11.5 Å². The van der Waals surface area contributed by atoms with E-state index in [0.29, 0.717) is 23.2 Å². The molecule has 0 saturated carbocycles. The Balaban J connectivity index is 1.73. The summed E-state index contributed by atoms with van der Waals surface area (Å²) in [4.78, 5) is 8.53. The summed E-state index contributed by atoms with van der Waals surface area (Å²) in [5, 5.41) is 11.1. The highest BCUT2D eigenvalue weighted by Crippen LogP contribution is 2.37. The highest BCUT2D eigenvalue weighted by Gasteiger charge is 2.28. The summed E-state index contributed by atoms with van der Waals surface area (Å²) in [6.45, 7) is -4.78. The molecule has 0 amide bonds. The standard InChI is InChI=1S/C28H24F4N2O3/c1-28(35,21-5-3-2-4-6-21)25-10-8-20(17-34-25)22(15-18-11-13-33-14-12-18)19-7-9-23(36-26(29)30)24(16-19)37-27(31)32/h2-14,16-17,22,26-27,35H,15H2,1H3/t22-,28+/m1/s1. The van der Waals surface area contributed by atoms with Crippen molar-refractivity contribution in [3.63, 3.8) is 0 Å². The van der Waals surface area contributed by atoms with Crippen LogP contribution >= 0.6 is 0 Å². The molecule has 0 saturated heterocycles. The number of rotatable bonds is 10. The van der Waals surface area contributed by atoms with E-state index in [1.54, 1.807) is 49.8 Å². The summed E-state index contributed by atoms with van der Waals surface area (Å²) >= 11 is 0. The molecule has 0 spiro atoms. The van der Waals surface area contributed by atoms with Crippen LogP contribution < -0.4 is 9.47 Å². The molecule has 2 aromatic heterocycles. The first-order valence-corrected chi connectivity index (χ1v) is 11.4. The molecule has 2 atom stereocenters. The third-order valence-corrected chi connectivity index (χ3v) is 6.01. The van der Waals surface area contributed by atoms with E-state index in [2.05, 4.69) is 19.4 Å². The summed E-state index contributed by atoms with van der Waals surface area (Å²) in [6.07, 6.45) is 5.31. The number of benzene rings is 2. The van der Waals surface area contributed by atoms with Crippen LogP contribution in [0.3, 0.4) is 0 Å². The molecule has 2 heterocycles. The number of nitrogens with zero attached hydrogens (tertiary/aromatic N) is 2. The average Bonchev–Trinajstić information content (AvgIpc) is 2.89. The third-order valence-electron chi connectivity index (χ3n) is 6.01. The van der Waals surface area contributed by atoms with E-state index >= 15 is 0 Å². The summed E-state index contributed by atoms with van der Waals surface area (Å²) < 4.78 is 60.5. The van der Waals surface area contributed by atoms with Gasteiger partial charge < -0.3 is 14.6 Å². The summed E-state index contributed by atoms with van der Waals surface area (Å²) in [5.41, 5.74) is 1.91. The smallest absolute Gasteiger partial charge is 0.387 e. The van der Waals surface area contributed by atoms with Gasteiger partial charge in [-0.15, -0.1) is 0 Å². The Morgan fingerprint density at radius 3 is 2.08 bits per heavy atom. The van der Waals surface area contributed by atoms with Crippen molar-refractivity contribution in [2.24, 2.45) is 0 Å². The van der Waals surface area contributed by atoms with Crippen LogP contribution in [-0.4, -0.2) is 28.3 Å². The Morgan fingerprint density at radius 1 is 0.811 bits per heavy atom. The lowest BCUT2D eigenvalue weighted by atomic mass is 9.85. The summed E-state index contributed by atoms with van der Waals surface area (Å²) in [6, 6.07) is 20.2. The van der Waals surface area contributed by atoms with Crippen molar-refractivity contribution in [2.75, 3.05) is 0 Å². The van der Waals surface area contributed by atoms with Crippen LogP contribution in [0.4, 0.5) is 17.6 Å². The maximum atomic E-state index is 13.0. The molecule has 0 fully saturated rings. The zero-order valence-corrected chi connectivity index (χ0v) is 19.8. The van der Waals surface area contributed by atoms with Gasteiger partial charge in [-0.2, -0.15) is 17.6 Å². The van der Waals surface area contributed by atoms with Gasteiger partial charge in [0.2, 0.25) is 0 Å². The van der Waals surface area contributed by atoms with E-state index in [1.807, 2.05) is 30.3 Å². The fourth-order valence-corrected chi connectivity index (χ4v) is 4.12. The number of alkyl halides is 4. The Bertz CT molecular complexity index is 1290. The molecule has 192 valence electrons. The molecule has 2 aromatic carbocycles. The fourth-order valence-electron chi connectivity index (χ4n) is 4.12. The number of halogens is 4. The second-order valence-corrected chi connectivity index (χ2v) is 8.49. The molecule has 9 heteroatoms. The highest BCUT2D eigenvalue weighted by molar-refractivity contribution is 5.47. The van der Waals surface area contributed by atoms with Crippen molar-refractivity contribution >= 4 is 0 Å². The van der Waals surface area contributed by atoms with E-state index in [9.17, 15) is 22.7 Å². The minimum atomic E-state index is -3.23. The van der Waals surface area contributed by atoms with Crippen molar-refractivity contribution in [2.45, 2.75) is 38.1 Å². The van der Waals surface area contributed by atoms with Gasteiger partial charge in [0.1, 0.15) is 5.60 Å². The van der Waals surface area contributed by atoms with Gasteiger partial charge in [-0.3, -0.25) is 9.97 Å². The monoisotopic (exact) mass is 512 g/mol. The second-order valence-electron chi connectivity index (χ2n) is 8.49. The fraction of sp³-hybridized carbons (Fsp3) is 0.214. The Morgan fingerprint density at radius 2 is 1.46 bits per heavy atom. The van der Waals surface area contributed by atoms with Gasteiger partial charge in [-0.25, -0.2) is 0 Å². The van der Waals surface area contributed by atoms with Gasteiger partial charge in [-0.1, -0.05) is 42.5 Å². The van der Waals surface area contributed by atoms with Crippen molar-refractivity contribution < 1.29 is 32.1 Å². The number of hydrogen-bond acceptors (Lipinski definition) is 5. The molecule has 0 aliphatic heterocycles. The van der Waals surface area contributed by atoms with Gasteiger partial charge in [0.05, 0.1) is 5.69 Å². The predicted octanol–water partition coefficient (Wildman–Crippen LogP) is 6.31. The maximum Gasteiger partial charge on any atom is 0.387 e. The molecular formula is C28H24F4N2O3. The number of ether oxygens (including phenoxy) is 2. The Hall–Kier alpha value is -3.98. The number of aliphatic hydroxyl groups is 1. The number of aromatic nitrogens is 2. The van der Waals surface area contributed by atoms with Crippen LogP contribution in [0.2, 0.25) is 0 Å². The lowest BCUT2D eigenvalue weighted by molar-refractivity contribution is -0.0692. The van der Waals surface area contributed by atoms with Crippen molar-refractivity contribution in [1.82, 2.24) is 9.97 Å². The van der Waals surface area contributed by atoms with Gasteiger partial charge in [0.25, 0.3) is 0 Å². The van der Waals surface area contributed by atoms with Crippen molar-refractivity contribution in [3.8, 4) is 11.5 Å². The predicted molar refractivity (Wildman–Crippen MR) is 129 cm³/mol. The molecule has 0 bridgehead atoms. The SMILES string of the molecule is C[C@](O)(c1ccccc1)c1ccc([C@H](Cc2ccncc2)c2ccc(OC(F)F)c(OC(F)F)c2)cn1. The van der Waals surface area contributed by atoms with E-state index in [4.69, 9.17) is 0 Å². The van der Waals surface area contributed by atoms with Gasteiger partial charge in [0, 0.05) is 24.5 Å². The van der Waals surface area contributed by atoms with Gasteiger partial charge >= 0.3 is 13.2 Å². The average molecular weight is 513 g/mol. The van der Waals surface area contributed by atoms with Gasteiger partial charge in [-0.05, 0) is 65.9 Å². The normalized spacial score (nSPS) is 13.8. The highest BCUT2D eigenvalue weighted by atomic mass is 19.3. The van der Waals surface area contributed by atoms with Crippen LogP contribution in [0.5, 0.6) is 11.5 Å². The Labute approximate surface area is 211 Å². The molecule has 0 aliphatic carbocycles. The molecule has 4 rings (SSSR count). The molecule has 0 unspecified atom stereocenters. The molecule has 5 nitrogen and oxygen atoms in total. The lowest BCUT2D eigenvalue weighted by Gasteiger charge is -2.25. The van der Waals surface area contributed by atoms with Crippen LogP contribution in [0.1, 0.15) is 40.8 Å². The minimum Gasteiger partial charge on any atom is -0.431 e. The lowest BCUT2D eigenvalue weighted by Crippen LogP contribution is -2.24. The quantitative estimate of drug-likeness (QED) is 0.252. The second kappa shape index (κ2) is 11.4. The molecule has 0 aliphatic rings. The Kier molecular flexibility index (Phi) is 8.03. The van der Waals surface area contributed by atoms with Crippen LogP contribution in [0.15, 0.2) is 91.4 Å². The first-order chi connectivity index (χ1) is 17.7. The zero-order valence-electron chi connectivity index (χ0n) is 19.8. The largest absolute Gasteiger partial charge is 0.431 e. The van der Waals surface area contributed by atoms with Crippen molar-refractivity contribution in [3.05, 3.63) is 119 Å². The third kappa shape index (κ3) is 6.42. The molecule has 1 N–H and O–H groups in total. The first kappa shape index (κ1) is 26.1. The number of pyridine rings is 2. The first-order valence-electron chi connectivity index (χ1n) is 11.4. The van der Waals surface area contributed by atoms with Crippen LogP contribution in [-0.2, 0) is 12.0 Å². The van der Waals surface area contributed by atoms with Crippen LogP contribution in [0.25, 0.3) is 0 Å². The summed E-state index contributed by atoms with van der Waals surface area (Å²) in [5.74, 6) is -1.40. The molecule has 37 heavy (non-hydrogen) atoms. The minimum absolute atomic E-state index is 0.411. The zero-order chi connectivity index (χ0) is 26.4.